The summed E-state index contributed by atoms with van der Waals surface area (Å²) in [4.78, 5) is 0. The molecule has 114 valence electrons. The molecule has 3 rings (SSSR count). The fraction of sp³-hybridized carbons (Fsp3) is 0.467. The van der Waals surface area contributed by atoms with Gasteiger partial charge < -0.3 is 4.57 Å². The van der Waals surface area contributed by atoms with Gasteiger partial charge in [-0.1, -0.05) is 18.9 Å². The molecule has 0 N–H and O–H groups in total. The first kappa shape index (κ1) is 14.8. The van der Waals surface area contributed by atoms with E-state index in [-0.39, 0.29) is 6.04 Å². The highest BCUT2D eigenvalue weighted by Gasteiger charge is 2.34. The quantitative estimate of drug-likeness (QED) is 0.868. The molecule has 0 unspecified atom stereocenters. The van der Waals surface area contributed by atoms with Gasteiger partial charge in [0.05, 0.1) is 6.04 Å². The lowest BCUT2D eigenvalue weighted by atomic mass is 10.1. The fourth-order valence-electron chi connectivity index (χ4n) is 3.01. The van der Waals surface area contributed by atoms with E-state index in [0.29, 0.717) is 10.8 Å². The molecule has 0 aromatic carbocycles. The molecule has 2 aromatic heterocycles. The molecule has 1 atom stereocenters. The zero-order chi connectivity index (χ0) is 14.9. The van der Waals surface area contributed by atoms with Crippen molar-refractivity contribution >= 4 is 21.4 Å². The molecule has 0 saturated carbocycles. The minimum absolute atomic E-state index is 0.0559. The van der Waals surface area contributed by atoms with Crippen LogP contribution in [0.25, 0.3) is 0 Å². The third-order valence-electron chi connectivity index (χ3n) is 4.09. The molecule has 3 heterocycles. The Kier molecular flexibility index (Phi) is 4.19. The van der Waals surface area contributed by atoms with Crippen molar-refractivity contribution in [3.63, 3.8) is 0 Å². The molecule has 0 aliphatic carbocycles. The van der Waals surface area contributed by atoms with E-state index in [4.69, 9.17) is 0 Å². The Morgan fingerprint density at radius 3 is 2.71 bits per heavy atom. The van der Waals surface area contributed by atoms with E-state index < -0.39 is 10.0 Å². The van der Waals surface area contributed by atoms with Crippen molar-refractivity contribution in [3.8, 4) is 0 Å². The van der Waals surface area contributed by atoms with Gasteiger partial charge in [0, 0.05) is 25.5 Å². The molecule has 1 aliphatic rings. The maximum Gasteiger partial charge on any atom is 0.253 e. The third kappa shape index (κ3) is 2.80. The highest BCUT2D eigenvalue weighted by molar-refractivity contribution is 7.91. The highest BCUT2D eigenvalue weighted by atomic mass is 32.2. The number of aromatic nitrogens is 1. The summed E-state index contributed by atoms with van der Waals surface area (Å²) in [5.41, 5.74) is 1.08. The molecule has 0 spiro atoms. The van der Waals surface area contributed by atoms with Crippen molar-refractivity contribution in [3.05, 3.63) is 41.5 Å². The number of rotatable bonds is 3. The number of hydrogen-bond donors (Lipinski definition) is 0. The Labute approximate surface area is 130 Å². The lowest BCUT2D eigenvalue weighted by molar-refractivity contribution is 0.319. The van der Waals surface area contributed by atoms with Crippen LogP contribution in [0.5, 0.6) is 0 Å². The monoisotopic (exact) mass is 324 g/mol. The van der Waals surface area contributed by atoms with E-state index in [0.717, 1.165) is 31.4 Å². The summed E-state index contributed by atoms with van der Waals surface area (Å²) in [7, 11) is -1.41. The van der Waals surface area contributed by atoms with Crippen LogP contribution in [0.4, 0.5) is 0 Å². The van der Waals surface area contributed by atoms with Gasteiger partial charge in [-0.3, -0.25) is 0 Å². The van der Waals surface area contributed by atoms with Crippen molar-refractivity contribution < 1.29 is 8.42 Å². The Morgan fingerprint density at radius 1 is 1.19 bits per heavy atom. The maximum absolute atomic E-state index is 12.9. The van der Waals surface area contributed by atoms with Gasteiger partial charge in [-0.05, 0) is 36.4 Å². The van der Waals surface area contributed by atoms with Crippen LogP contribution in [0.15, 0.2) is 40.1 Å². The van der Waals surface area contributed by atoms with Crippen molar-refractivity contribution in [2.24, 2.45) is 7.05 Å². The maximum atomic E-state index is 12.9. The van der Waals surface area contributed by atoms with Gasteiger partial charge in [0.2, 0.25) is 0 Å². The number of thiophene rings is 1. The van der Waals surface area contributed by atoms with Crippen molar-refractivity contribution in [2.45, 2.75) is 35.9 Å². The fourth-order valence-corrected chi connectivity index (χ4v) is 5.80. The molecule has 1 aliphatic heterocycles. The van der Waals surface area contributed by atoms with Crippen LogP contribution < -0.4 is 0 Å². The van der Waals surface area contributed by atoms with Crippen molar-refractivity contribution in [1.82, 2.24) is 8.87 Å². The van der Waals surface area contributed by atoms with Gasteiger partial charge in [0.25, 0.3) is 10.0 Å². The van der Waals surface area contributed by atoms with Gasteiger partial charge in [-0.25, -0.2) is 8.42 Å². The summed E-state index contributed by atoms with van der Waals surface area (Å²) < 4.78 is 30.1. The summed E-state index contributed by atoms with van der Waals surface area (Å²) in [6, 6.07) is 7.46. The van der Waals surface area contributed by atoms with Gasteiger partial charge in [-0.2, -0.15) is 4.31 Å². The second-order valence-corrected chi connectivity index (χ2v) is 8.52. The van der Waals surface area contributed by atoms with E-state index in [1.807, 2.05) is 35.3 Å². The van der Waals surface area contributed by atoms with Crippen LogP contribution in [0.2, 0.25) is 0 Å². The molecular formula is C15H20N2O2S2. The summed E-state index contributed by atoms with van der Waals surface area (Å²) in [5, 5.41) is 1.82. The van der Waals surface area contributed by atoms with E-state index in [1.165, 1.54) is 11.3 Å². The third-order valence-corrected chi connectivity index (χ3v) is 7.37. The number of sulfonamides is 1. The van der Waals surface area contributed by atoms with E-state index in [9.17, 15) is 8.42 Å². The summed E-state index contributed by atoms with van der Waals surface area (Å²) in [6.45, 7) is 0.607. The molecular weight excluding hydrogens is 304 g/mol. The topological polar surface area (TPSA) is 42.3 Å². The van der Waals surface area contributed by atoms with Crippen LogP contribution in [-0.2, 0) is 17.1 Å². The average Bonchev–Trinajstić information content (AvgIpc) is 3.06. The zero-order valence-electron chi connectivity index (χ0n) is 12.1. The van der Waals surface area contributed by atoms with Gasteiger partial charge in [0.1, 0.15) is 4.21 Å². The second kappa shape index (κ2) is 5.94. The van der Waals surface area contributed by atoms with E-state index >= 15 is 0 Å². The number of nitrogens with zero attached hydrogens (tertiary/aromatic N) is 2. The van der Waals surface area contributed by atoms with E-state index in [2.05, 4.69) is 0 Å². The van der Waals surface area contributed by atoms with Crippen LogP contribution in [-0.4, -0.2) is 23.8 Å². The molecule has 1 fully saturated rings. The Bertz CT molecular complexity index is 689. The Hall–Kier alpha value is -1.11. The Balaban J connectivity index is 2.02. The van der Waals surface area contributed by atoms with Crippen molar-refractivity contribution in [2.75, 3.05) is 6.54 Å². The molecule has 0 radical (unpaired) electrons. The van der Waals surface area contributed by atoms with Gasteiger partial charge >= 0.3 is 0 Å². The standard InChI is InChI=1S/C15H20N2O2S2/c1-16-10-5-8-13(16)14-7-3-2-4-11-17(14)21(18,19)15-9-6-12-20-15/h5-6,8-10,12,14H,2-4,7,11H2,1H3/t14-/m0/s1. The summed E-state index contributed by atoms with van der Waals surface area (Å²) >= 11 is 1.30. The summed E-state index contributed by atoms with van der Waals surface area (Å²) in [5.74, 6) is 0. The molecule has 0 bridgehead atoms. The number of aryl methyl sites for hydroxylation is 1. The van der Waals surface area contributed by atoms with Crippen LogP contribution in [0, 0.1) is 0 Å². The zero-order valence-corrected chi connectivity index (χ0v) is 13.7. The minimum atomic E-state index is -3.40. The van der Waals surface area contributed by atoms with Gasteiger partial charge in [0.15, 0.2) is 0 Å². The lowest BCUT2D eigenvalue weighted by Crippen LogP contribution is -2.35. The SMILES string of the molecule is Cn1cccc1[C@@H]1CCCCCN1S(=O)(=O)c1cccs1. The molecule has 0 amide bonds. The summed E-state index contributed by atoms with van der Waals surface area (Å²) in [6.07, 6.45) is 5.98. The van der Waals surface area contributed by atoms with Crippen molar-refractivity contribution in [1.29, 1.82) is 0 Å². The molecule has 6 heteroatoms. The first-order valence-corrected chi connectivity index (χ1v) is 9.59. The normalized spacial score (nSPS) is 21.3. The van der Waals surface area contributed by atoms with Crippen LogP contribution in [0.3, 0.4) is 0 Å². The predicted octanol–water partition coefficient (Wildman–Crippen LogP) is 3.39. The van der Waals surface area contributed by atoms with Crippen LogP contribution in [0.1, 0.15) is 37.4 Å². The minimum Gasteiger partial charge on any atom is -0.353 e. The molecule has 2 aromatic rings. The van der Waals surface area contributed by atoms with E-state index in [1.54, 1.807) is 16.4 Å². The Morgan fingerprint density at radius 2 is 2.05 bits per heavy atom. The predicted molar refractivity (Wildman–Crippen MR) is 84.8 cm³/mol. The first-order valence-electron chi connectivity index (χ1n) is 7.27. The molecule has 21 heavy (non-hydrogen) atoms. The largest absolute Gasteiger partial charge is 0.353 e. The smallest absolute Gasteiger partial charge is 0.253 e. The first-order chi connectivity index (χ1) is 10.1. The van der Waals surface area contributed by atoms with Crippen LogP contribution >= 0.6 is 11.3 Å². The molecule has 1 saturated heterocycles. The number of hydrogen-bond acceptors (Lipinski definition) is 3. The molecule has 4 nitrogen and oxygen atoms in total. The lowest BCUT2D eigenvalue weighted by Gasteiger charge is -2.29. The van der Waals surface area contributed by atoms with Gasteiger partial charge in [-0.15, -0.1) is 11.3 Å². The highest BCUT2D eigenvalue weighted by Crippen LogP contribution is 2.35. The second-order valence-electron chi connectivity index (χ2n) is 5.46. The average molecular weight is 324 g/mol.